The lowest BCUT2D eigenvalue weighted by molar-refractivity contribution is -0.151. The zero-order valence-electron chi connectivity index (χ0n) is 17.6. The Kier molecular flexibility index (Phi) is 6.50. The Balaban J connectivity index is 1.44. The van der Waals surface area contributed by atoms with Crippen molar-refractivity contribution in [1.29, 1.82) is 0 Å². The van der Waals surface area contributed by atoms with E-state index in [0.717, 1.165) is 16.1 Å². The van der Waals surface area contributed by atoms with E-state index in [9.17, 15) is 9.59 Å². The second-order valence-corrected chi connectivity index (χ2v) is 8.75. The van der Waals surface area contributed by atoms with Gasteiger partial charge in [-0.2, -0.15) is 5.10 Å². The molecule has 1 amide bonds. The minimum Gasteiger partial charge on any atom is -0.466 e. The molecule has 1 saturated heterocycles. The Morgan fingerprint density at radius 3 is 2.65 bits per heavy atom. The molecule has 1 fully saturated rings. The first-order chi connectivity index (χ1) is 15.1. The number of para-hydroxylation sites is 1. The average molecular weight is 440 g/mol. The number of aromatic nitrogens is 4. The minimum absolute atomic E-state index is 0.0505. The lowest BCUT2D eigenvalue weighted by atomic mass is 9.97. The van der Waals surface area contributed by atoms with Gasteiger partial charge in [-0.15, -0.1) is 0 Å². The number of esters is 1. The fourth-order valence-electron chi connectivity index (χ4n) is 3.75. The fraction of sp³-hybridized carbons (Fsp3) is 0.409. The molecule has 162 valence electrons. The summed E-state index contributed by atoms with van der Waals surface area (Å²) in [6.07, 6.45) is 4.54. The Morgan fingerprint density at radius 1 is 1.19 bits per heavy atom. The number of nitrogens with zero attached hydrogens (tertiary/aromatic N) is 5. The molecule has 9 heteroatoms. The first-order valence-corrected chi connectivity index (χ1v) is 11.3. The normalized spacial score (nSPS) is 15.7. The maximum atomic E-state index is 13.0. The van der Waals surface area contributed by atoms with Gasteiger partial charge in [-0.25, -0.2) is 14.6 Å². The van der Waals surface area contributed by atoms with Crippen molar-refractivity contribution < 1.29 is 14.3 Å². The Hall–Kier alpha value is -2.94. The monoisotopic (exact) mass is 439 g/mol. The van der Waals surface area contributed by atoms with Gasteiger partial charge in [-0.05, 0) is 38.8 Å². The van der Waals surface area contributed by atoms with Crippen molar-refractivity contribution in [2.45, 2.75) is 37.0 Å². The molecule has 1 aliphatic rings. The number of fused-ring (bicyclic) bond motifs is 1. The van der Waals surface area contributed by atoms with Crippen LogP contribution in [0.4, 0.5) is 0 Å². The number of carbonyl (C=O) groups is 2. The summed E-state index contributed by atoms with van der Waals surface area (Å²) >= 11 is 1.41. The van der Waals surface area contributed by atoms with Crippen LogP contribution in [0, 0.1) is 5.92 Å². The topological polar surface area (TPSA) is 90.2 Å². The quantitative estimate of drug-likeness (QED) is 0.331. The highest BCUT2D eigenvalue weighted by atomic mass is 32.2. The molecule has 1 atom stereocenters. The number of rotatable bonds is 6. The van der Waals surface area contributed by atoms with E-state index in [2.05, 4.69) is 15.1 Å². The molecule has 1 unspecified atom stereocenters. The van der Waals surface area contributed by atoms with Gasteiger partial charge >= 0.3 is 5.97 Å². The molecule has 0 radical (unpaired) electrons. The average Bonchev–Trinajstić information content (AvgIpc) is 3.24. The highest BCUT2D eigenvalue weighted by Gasteiger charge is 2.30. The van der Waals surface area contributed by atoms with Crippen molar-refractivity contribution in [1.82, 2.24) is 24.6 Å². The third-order valence-corrected chi connectivity index (χ3v) is 6.50. The Morgan fingerprint density at radius 2 is 1.94 bits per heavy atom. The van der Waals surface area contributed by atoms with Gasteiger partial charge < -0.3 is 9.64 Å². The standard InChI is InChI=1S/C22H25N5O3S/c1-3-30-22(29)16-9-11-26(12-10-16)21(28)15(2)31-20-18-13-25-27(19(18)23-14-24-20)17-7-5-4-6-8-17/h4-8,13-16H,3,9-12H2,1-2H3. The van der Waals surface area contributed by atoms with Gasteiger partial charge in [0.1, 0.15) is 11.4 Å². The zero-order valence-corrected chi connectivity index (χ0v) is 18.4. The third-order valence-electron chi connectivity index (χ3n) is 5.39. The maximum Gasteiger partial charge on any atom is 0.309 e. The highest BCUT2D eigenvalue weighted by Crippen LogP contribution is 2.30. The number of piperidine rings is 1. The van der Waals surface area contributed by atoms with Crippen LogP contribution in [0.1, 0.15) is 26.7 Å². The fourth-order valence-corrected chi connectivity index (χ4v) is 4.71. The lowest BCUT2D eigenvalue weighted by Crippen LogP contribution is -2.43. The molecule has 1 aliphatic heterocycles. The van der Waals surface area contributed by atoms with E-state index in [1.165, 1.54) is 18.1 Å². The third kappa shape index (κ3) is 4.56. The maximum absolute atomic E-state index is 13.0. The molecule has 31 heavy (non-hydrogen) atoms. The van der Waals surface area contributed by atoms with Crippen molar-refractivity contribution in [3.8, 4) is 5.69 Å². The van der Waals surface area contributed by atoms with Gasteiger partial charge in [0.2, 0.25) is 5.91 Å². The van der Waals surface area contributed by atoms with E-state index >= 15 is 0 Å². The second-order valence-electron chi connectivity index (χ2n) is 7.42. The molecular formula is C22H25N5O3S. The van der Waals surface area contributed by atoms with Gasteiger partial charge in [0.15, 0.2) is 5.65 Å². The van der Waals surface area contributed by atoms with Crippen LogP contribution in [0.2, 0.25) is 0 Å². The SMILES string of the molecule is CCOC(=O)C1CCN(C(=O)C(C)Sc2ncnc3c2cnn3-c2ccccc2)CC1. The number of ether oxygens (including phenoxy) is 1. The number of carbonyl (C=O) groups excluding carboxylic acids is 2. The smallest absolute Gasteiger partial charge is 0.309 e. The molecule has 4 rings (SSSR count). The van der Waals surface area contributed by atoms with Crippen molar-refractivity contribution >= 4 is 34.7 Å². The first kappa shape index (κ1) is 21.3. The predicted octanol–water partition coefficient (Wildman–Crippen LogP) is 3.10. The first-order valence-electron chi connectivity index (χ1n) is 10.4. The molecule has 0 aliphatic carbocycles. The van der Waals surface area contributed by atoms with Gasteiger partial charge in [0, 0.05) is 13.1 Å². The van der Waals surface area contributed by atoms with Crippen molar-refractivity contribution in [2.75, 3.05) is 19.7 Å². The molecule has 1 aromatic carbocycles. The Labute approximate surface area is 185 Å². The summed E-state index contributed by atoms with van der Waals surface area (Å²) in [5, 5.41) is 5.71. The molecule has 0 saturated carbocycles. The summed E-state index contributed by atoms with van der Waals surface area (Å²) in [5.74, 6) is -0.220. The van der Waals surface area contributed by atoms with Crippen molar-refractivity contribution in [2.24, 2.45) is 5.92 Å². The van der Waals surface area contributed by atoms with E-state index in [1.807, 2.05) is 49.1 Å². The second kappa shape index (κ2) is 9.47. The molecular weight excluding hydrogens is 414 g/mol. The molecule has 2 aromatic heterocycles. The molecule has 3 heterocycles. The van der Waals surface area contributed by atoms with Crippen LogP contribution < -0.4 is 0 Å². The lowest BCUT2D eigenvalue weighted by Gasteiger charge is -2.32. The van der Waals surface area contributed by atoms with E-state index < -0.39 is 0 Å². The van der Waals surface area contributed by atoms with Crippen LogP contribution in [0.15, 0.2) is 47.9 Å². The van der Waals surface area contributed by atoms with E-state index in [4.69, 9.17) is 4.74 Å². The molecule has 8 nitrogen and oxygen atoms in total. The Bertz CT molecular complexity index is 1060. The van der Waals surface area contributed by atoms with Gasteiger partial charge in [0.25, 0.3) is 0 Å². The van der Waals surface area contributed by atoms with E-state index in [1.54, 1.807) is 10.9 Å². The van der Waals surface area contributed by atoms with Gasteiger partial charge in [-0.3, -0.25) is 9.59 Å². The number of hydrogen-bond donors (Lipinski definition) is 0. The summed E-state index contributed by atoms with van der Waals surface area (Å²) in [5.41, 5.74) is 1.62. The summed E-state index contributed by atoms with van der Waals surface area (Å²) in [7, 11) is 0. The van der Waals surface area contributed by atoms with Crippen molar-refractivity contribution in [3.05, 3.63) is 42.9 Å². The van der Waals surface area contributed by atoms with Crippen LogP contribution >= 0.6 is 11.8 Å². The summed E-state index contributed by atoms with van der Waals surface area (Å²) < 4.78 is 6.88. The van der Waals surface area contributed by atoms with Crippen LogP contribution in [0.3, 0.4) is 0 Å². The molecule has 0 N–H and O–H groups in total. The zero-order chi connectivity index (χ0) is 21.8. The number of thioether (sulfide) groups is 1. The number of hydrogen-bond acceptors (Lipinski definition) is 7. The molecule has 0 bridgehead atoms. The van der Waals surface area contributed by atoms with Crippen LogP contribution in [-0.4, -0.2) is 61.5 Å². The van der Waals surface area contributed by atoms with Crippen LogP contribution in [-0.2, 0) is 14.3 Å². The minimum atomic E-state index is -0.308. The molecule has 3 aromatic rings. The highest BCUT2D eigenvalue weighted by molar-refractivity contribution is 8.00. The number of benzene rings is 1. The van der Waals surface area contributed by atoms with Crippen LogP contribution in [0.25, 0.3) is 16.7 Å². The van der Waals surface area contributed by atoms with Gasteiger partial charge in [-0.1, -0.05) is 30.0 Å². The number of amides is 1. The predicted molar refractivity (Wildman–Crippen MR) is 118 cm³/mol. The van der Waals surface area contributed by atoms with Crippen molar-refractivity contribution in [3.63, 3.8) is 0 Å². The summed E-state index contributed by atoms with van der Waals surface area (Å²) in [4.78, 5) is 35.6. The summed E-state index contributed by atoms with van der Waals surface area (Å²) in [6.45, 7) is 5.22. The summed E-state index contributed by atoms with van der Waals surface area (Å²) in [6, 6.07) is 9.78. The number of likely N-dealkylation sites (tertiary alicyclic amines) is 1. The van der Waals surface area contributed by atoms with E-state index in [-0.39, 0.29) is 23.0 Å². The molecule has 0 spiro atoms. The van der Waals surface area contributed by atoms with Gasteiger partial charge in [0.05, 0.1) is 35.0 Å². The largest absolute Gasteiger partial charge is 0.466 e. The van der Waals surface area contributed by atoms with E-state index in [0.29, 0.717) is 38.2 Å². The van der Waals surface area contributed by atoms with Crippen LogP contribution in [0.5, 0.6) is 0 Å².